The van der Waals surface area contributed by atoms with Gasteiger partial charge in [0.25, 0.3) is 0 Å². The molecule has 1 fully saturated rings. The molecular formula is C28H40N2O7. The van der Waals surface area contributed by atoms with E-state index >= 15 is 0 Å². The third-order valence-corrected chi connectivity index (χ3v) is 7.81. The fraction of sp³-hybridized carbons (Fsp3) is 0.643. The Kier molecular flexibility index (Phi) is 8.77. The van der Waals surface area contributed by atoms with Gasteiger partial charge in [0.2, 0.25) is 11.8 Å². The van der Waals surface area contributed by atoms with Crippen molar-refractivity contribution in [3.8, 4) is 11.5 Å². The molecule has 37 heavy (non-hydrogen) atoms. The van der Waals surface area contributed by atoms with Crippen molar-refractivity contribution in [2.24, 2.45) is 11.8 Å². The lowest BCUT2D eigenvalue weighted by Crippen LogP contribution is -2.57. The largest absolute Gasteiger partial charge is 0.493 e. The average molecular weight is 517 g/mol. The minimum absolute atomic E-state index is 0.0740. The Morgan fingerprint density at radius 3 is 2.54 bits per heavy atom. The summed E-state index contributed by atoms with van der Waals surface area (Å²) in [5.74, 6) is -0.185. The molecule has 0 unspecified atom stereocenters. The summed E-state index contributed by atoms with van der Waals surface area (Å²) in [4.78, 5) is 28.6. The highest BCUT2D eigenvalue weighted by Gasteiger charge is 2.51. The molecule has 1 aromatic carbocycles. The summed E-state index contributed by atoms with van der Waals surface area (Å²) in [6.45, 7) is 3.84. The Morgan fingerprint density at radius 1 is 1.19 bits per heavy atom. The number of amides is 2. The molecule has 3 aliphatic rings. The number of methoxy groups -OCH3 is 1. The Hall–Kier alpha value is -2.62. The zero-order valence-electron chi connectivity index (χ0n) is 22.0. The van der Waals surface area contributed by atoms with Gasteiger partial charge in [-0.25, -0.2) is 0 Å². The summed E-state index contributed by atoms with van der Waals surface area (Å²) < 4.78 is 11.8. The Morgan fingerprint density at radius 2 is 1.92 bits per heavy atom. The summed E-state index contributed by atoms with van der Waals surface area (Å²) in [7, 11) is 1.50. The van der Waals surface area contributed by atoms with Gasteiger partial charge in [0.1, 0.15) is 12.2 Å². The molecule has 4 rings (SSSR count). The van der Waals surface area contributed by atoms with E-state index in [4.69, 9.17) is 9.47 Å². The van der Waals surface area contributed by atoms with Crippen LogP contribution in [0.15, 0.2) is 23.8 Å². The fourth-order valence-corrected chi connectivity index (χ4v) is 5.96. The van der Waals surface area contributed by atoms with E-state index in [0.29, 0.717) is 40.7 Å². The normalized spacial score (nSPS) is 25.1. The van der Waals surface area contributed by atoms with Crippen LogP contribution in [-0.2, 0) is 16.2 Å². The van der Waals surface area contributed by atoms with Crippen LogP contribution < -0.4 is 14.8 Å². The summed E-state index contributed by atoms with van der Waals surface area (Å²) in [5, 5.41) is 33.5. The first-order valence-corrected chi connectivity index (χ1v) is 13.4. The molecule has 1 heterocycles. The van der Waals surface area contributed by atoms with Crippen LogP contribution in [-0.4, -0.2) is 77.1 Å². The van der Waals surface area contributed by atoms with Gasteiger partial charge in [-0.15, -0.1) is 0 Å². The molecule has 1 aliphatic heterocycles. The van der Waals surface area contributed by atoms with Crippen molar-refractivity contribution in [3.63, 3.8) is 0 Å². The van der Waals surface area contributed by atoms with E-state index < -0.39 is 24.2 Å². The molecule has 1 saturated carbocycles. The molecule has 4 atom stereocenters. The van der Waals surface area contributed by atoms with E-state index in [9.17, 15) is 24.9 Å². The monoisotopic (exact) mass is 516 g/mol. The first-order chi connectivity index (χ1) is 17.8. The molecule has 0 aromatic heterocycles. The number of ether oxygens (including phenoxy) is 2. The predicted octanol–water partition coefficient (Wildman–Crippen LogP) is 1.87. The number of carbonyl (C=O) groups is 2. The lowest BCUT2D eigenvalue weighted by atomic mass is 9.76. The second-order valence-corrected chi connectivity index (χ2v) is 10.7. The molecule has 1 aromatic rings. The van der Waals surface area contributed by atoms with Crippen molar-refractivity contribution in [3.05, 3.63) is 34.9 Å². The molecule has 9 heteroatoms. The summed E-state index contributed by atoms with van der Waals surface area (Å²) in [5.41, 5.74) is 1.61. The lowest BCUT2D eigenvalue weighted by molar-refractivity contribution is -0.141. The number of aliphatic hydroxyl groups excluding tert-OH is 3. The molecule has 204 valence electrons. The smallest absolute Gasteiger partial charge is 0.247 e. The zero-order chi connectivity index (χ0) is 26.7. The summed E-state index contributed by atoms with van der Waals surface area (Å²) >= 11 is 0. The average Bonchev–Trinajstić information content (AvgIpc) is 3.30. The standard InChI is InChI=1S/C28H40N2O7/c1-16(2)28(35)30(14-17-7-5-4-6-8-17)21-13-20(27(34)29-9-10-31)23-19-11-18(15-32)12-22(36-3)25(19)37-26(23)24(21)33/h11-13,16-17,21,23-24,26,31-33H,4-10,14-15H2,1-3H3,(H,29,34)/t21-,23+,24+,26+/m1/s1. The fourth-order valence-electron chi connectivity index (χ4n) is 5.96. The topological polar surface area (TPSA) is 129 Å². The van der Waals surface area contributed by atoms with Gasteiger partial charge in [-0.05, 0) is 42.5 Å². The van der Waals surface area contributed by atoms with Crippen LogP contribution in [0.4, 0.5) is 0 Å². The maximum atomic E-state index is 13.5. The molecule has 4 N–H and O–H groups in total. The molecule has 0 saturated heterocycles. The number of hydrogen-bond acceptors (Lipinski definition) is 7. The number of benzene rings is 1. The van der Waals surface area contributed by atoms with Crippen LogP contribution in [0.3, 0.4) is 0 Å². The minimum atomic E-state index is -1.08. The van der Waals surface area contributed by atoms with E-state index in [1.165, 1.54) is 13.5 Å². The SMILES string of the molecule is COc1cc(CO)cc2c1O[C@@H]1[C@@H](O)[C@H](N(CC3CCCCC3)C(=O)C(C)C)C=C(C(=O)NCCO)[C@H]21. The molecule has 0 spiro atoms. The van der Waals surface area contributed by atoms with Crippen molar-refractivity contribution >= 4 is 11.8 Å². The van der Waals surface area contributed by atoms with E-state index in [-0.39, 0.29) is 37.5 Å². The van der Waals surface area contributed by atoms with Gasteiger partial charge in [-0.1, -0.05) is 33.1 Å². The second-order valence-electron chi connectivity index (χ2n) is 10.7. The minimum Gasteiger partial charge on any atom is -0.493 e. The number of hydrogen-bond donors (Lipinski definition) is 4. The zero-order valence-corrected chi connectivity index (χ0v) is 22.0. The lowest BCUT2D eigenvalue weighted by Gasteiger charge is -2.42. The Labute approximate surface area is 218 Å². The van der Waals surface area contributed by atoms with Gasteiger partial charge in [0, 0.05) is 30.1 Å². The molecule has 2 amide bonds. The van der Waals surface area contributed by atoms with Crippen molar-refractivity contribution in [1.29, 1.82) is 0 Å². The summed E-state index contributed by atoms with van der Waals surface area (Å²) in [6, 6.07) is 2.69. The van der Waals surface area contributed by atoms with Crippen LogP contribution in [0.25, 0.3) is 0 Å². The van der Waals surface area contributed by atoms with Crippen molar-refractivity contribution < 1.29 is 34.4 Å². The van der Waals surface area contributed by atoms with E-state index in [1.807, 2.05) is 13.8 Å². The molecular weight excluding hydrogens is 476 g/mol. The van der Waals surface area contributed by atoms with Crippen LogP contribution in [0.5, 0.6) is 11.5 Å². The first-order valence-electron chi connectivity index (χ1n) is 13.4. The molecule has 0 radical (unpaired) electrons. The highest BCUT2D eigenvalue weighted by Crippen LogP contribution is 2.51. The highest BCUT2D eigenvalue weighted by molar-refractivity contribution is 5.96. The molecule has 0 bridgehead atoms. The van der Waals surface area contributed by atoms with Crippen LogP contribution in [0, 0.1) is 11.8 Å². The third-order valence-electron chi connectivity index (χ3n) is 7.81. The Bertz CT molecular complexity index is 1020. The van der Waals surface area contributed by atoms with E-state index in [1.54, 1.807) is 23.1 Å². The van der Waals surface area contributed by atoms with Gasteiger partial charge in [0.15, 0.2) is 11.5 Å². The maximum absolute atomic E-state index is 13.5. The van der Waals surface area contributed by atoms with E-state index in [0.717, 1.165) is 25.7 Å². The van der Waals surface area contributed by atoms with Gasteiger partial charge in [-0.3, -0.25) is 9.59 Å². The number of aliphatic hydroxyl groups is 3. The third kappa shape index (κ3) is 5.49. The number of nitrogens with one attached hydrogen (secondary N) is 1. The van der Waals surface area contributed by atoms with Gasteiger partial charge < -0.3 is 35.0 Å². The van der Waals surface area contributed by atoms with Crippen molar-refractivity contribution in [1.82, 2.24) is 10.2 Å². The Balaban J connectivity index is 1.78. The first kappa shape index (κ1) is 27.4. The van der Waals surface area contributed by atoms with Crippen molar-refractivity contribution in [2.75, 3.05) is 26.8 Å². The maximum Gasteiger partial charge on any atom is 0.247 e. The van der Waals surface area contributed by atoms with Gasteiger partial charge >= 0.3 is 0 Å². The van der Waals surface area contributed by atoms with Gasteiger partial charge in [0.05, 0.1) is 32.3 Å². The molecule has 2 aliphatic carbocycles. The number of fused-ring (bicyclic) bond motifs is 3. The number of rotatable bonds is 9. The highest BCUT2D eigenvalue weighted by atomic mass is 16.5. The predicted molar refractivity (Wildman–Crippen MR) is 137 cm³/mol. The quantitative estimate of drug-likeness (QED) is 0.394. The summed E-state index contributed by atoms with van der Waals surface area (Å²) in [6.07, 6.45) is 5.32. The number of carbonyl (C=O) groups excluding carboxylic acids is 2. The van der Waals surface area contributed by atoms with Crippen LogP contribution in [0.1, 0.15) is 63.0 Å². The van der Waals surface area contributed by atoms with Crippen molar-refractivity contribution in [2.45, 2.75) is 76.7 Å². The number of nitrogens with zero attached hydrogens (tertiary/aromatic N) is 1. The second kappa shape index (κ2) is 11.8. The van der Waals surface area contributed by atoms with Gasteiger partial charge in [-0.2, -0.15) is 0 Å². The van der Waals surface area contributed by atoms with Crippen LogP contribution >= 0.6 is 0 Å². The van der Waals surface area contributed by atoms with E-state index in [2.05, 4.69) is 5.32 Å². The molecule has 9 nitrogen and oxygen atoms in total. The van der Waals surface area contributed by atoms with Crippen LogP contribution in [0.2, 0.25) is 0 Å².